The van der Waals surface area contributed by atoms with Gasteiger partial charge in [0, 0.05) is 31.8 Å². The van der Waals surface area contributed by atoms with Crippen LogP contribution in [0.2, 0.25) is 0 Å². The molecule has 1 aromatic heterocycles. The molecule has 0 aliphatic heterocycles. The molecule has 0 spiro atoms. The van der Waals surface area contributed by atoms with Crippen molar-refractivity contribution in [3.8, 4) is 5.75 Å². The van der Waals surface area contributed by atoms with Crippen molar-refractivity contribution < 1.29 is 19.1 Å². The third-order valence-electron chi connectivity index (χ3n) is 5.60. The van der Waals surface area contributed by atoms with Crippen LogP contribution in [0, 0.1) is 5.92 Å². The van der Waals surface area contributed by atoms with Crippen molar-refractivity contribution >= 4 is 17.8 Å². The Labute approximate surface area is 205 Å². The first kappa shape index (κ1) is 29.6. The van der Waals surface area contributed by atoms with Crippen LogP contribution in [0.3, 0.4) is 0 Å². The van der Waals surface area contributed by atoms with Crippen LogP contribution >= 0.6 is 0 Å². The zero-order valence-corrected chi connectivity index (χ0v) is 21.4. The third kappa shape index (κ3) is 15.4. The van der Waals surface area contributed by atoms with Crippen LogP contribution < -0.4 is 15.4 Å². The van der Waals surface area contributed by atoms with Gasteiger partial charge >= 0.3 is 5.97 Å². The van der Waals surface area contributed by atoms with E-state index in [0.717, 1.165) is 12.8 Å². The van der Waals surface area contributed by atoms with Gasteiger partial charge in [0.25, 0.3) is 0 Å². The predicted molar refractivity (Wildman–Crippen MR) is 135 cm³/mol. The molecular formula is C27H45N3O4. The summed E-state index contributed by atoms with van der Waals surface area (Å²) < 4.78 is 5.21. The number of ether oxygens (including phenoxy) is 1. The Morgan fingerprint density at radius 1 is 0.882 bits per heavy atom. The average Bonchev–Trinajstić information content (AvgIpc) is 2.80. The van der Waals surface area contributed by atoms with E-state index < -0.39 is 6.04 Å². The fourth-order valence-corrected chi connectivity index (χ4v) is 3.72. The van der Waals surface area contributed by atoms with Crippen molar-refractivity contribution in [1.82, 2.24) is 15.6 Å². The molecule has 7 nitrogen and oxygen atoms in total. The van der Waals surface area contributed by atoms with Crippen molar-refractivity contribution in [2.24, 2.45) is 5.92 Å². The number of aromatic nitrogens is 1. The Morgan fingerprint density at radius 2 is 1.50 bits per heavy atom. The summed E-state index contributed by atoms with van der Waals surface area (Å²) in [6.07, 6.45) is 15.6. The number of carbonyl (C=O) groups is 3. The number of amides is 2. The number of nitrogens with one attached hydrogen (secondary N) is 2. The van der Waals surface area contributed by atoms with E-state index in [-0.39, 0.29) is 30.1 Å². The maximum Gasteiger partial charge on any atom is 0.311 e. The zero-order chi connectivity index (χ0) is 25.0. The number of nitrogens with zero attached hydrogens (tertiary/aromatic N) is 1. The highest BCUT2D eigenvalue weighted by Crippen LogP contribution is 2.11. The summed E-state index contributed by atoms with van der Waals surface area (Å²) in [6, 6.07) is 2.69. The largest absolute Gasteiger partial charge is 0.426 e. The van der Waals surface area contributed by atoms with Gasteiger partial charge in [0.15, 0.2) is 0 Å². The van der Waals surface area contributed by atoms with Gasteiger partial charge in [0.2, 0.25) is 11.8 Å². The maximum absolute atomic E-state index is 12.6. The molecule has 2 N–H and O–H groups in total. The Balaban J connectivity index is 2.23. The quantitative estimate of drug-likeness (QED) is 0.208. The van der Waals surface area contributed by atoms with Crippen molar-refractivity contribution in [1.29, 1.82) is 0 Å². The molecule has 2 amide bonds. The number of hydrogen-bond donors (Lipinski definition) is 2. The van der Waals surface area contributed by atoms with Gasteiger partial charge in [-0.3, -0.25) is 19.4 Å². The molecule has 34 heavy (non-hydrogen) atoms. The number of unbranched alkanes of at least 4 members (excludes halogenated alkanes) is 8. The van der Waals surface area contributed by atoms with Gasteiger partial charge in [0.05, 0.1) is 0 Å². The van der Waals surface area contributed by atoms with Crippen LogP contribution in [0.25, 0.3) is 0 Å². The van der Waals surface area contributed by atoms with Crippen LogP contribution in [0.15, 0.2) is 24.5 Å². The van der Waals surface area contributed by atoms with Gasteiger partial charge < -0.3 is 15.4 Å². The van der Waals surface area contributed by atoms with Crippen LogP contribution in [-0.4, -0.2) is 35.4 Å². The Bertz CT molecular complexity index is 694. The molecule has 0 aliphatic carbocycles. The fraction of sp³-hybridized carbons (Fsp3) is 0.704. The van der Waals surface area contributed by atoms with Crippen LogP contribution in [0.1, 0.15) is 104 Å². The second kappa shape index (κ2) is 18.9. The van der Waals surface area contributed by atoms with Crippen molar-refractivity contribution in [2.75, 3.05) is 6.54 Å². The molecule has 0 unspecified atom stereocenters. The van der Waals surface area contributed by atoms with Gasteiger partial charge in [-0.25, -0.2) is 0 Å². The van der Waals surface area contributed by atoms with E-state index in [0.29, 0.717) is 31.6 Å². The second-order valence-corrected chi connectivity index (χ2v) is 9.38. The third-order valence-corrected chi connectivity index (χ3v) is 5.60. The molecule has 7 heteroatoms. The minimum atomic E-state index is -0.546. The topological polar surface area (TPSA) is 97.4 Å². The molecule has 0 aliphatic rings. The van der Waals surface area contributed by atoms with E-state index >= 15 is 0 Å². The summed E-state index contributed by atoms with van der Waals surface area (Å²) in [5.74, 6) is 0.115. The average molecular weight is 476 g/mol. The summed E-state index contributed by atoms with van der Waals surface area (Å²) in [4.78, 5) is 40.8. The maximum atomic E-state index is 12.6. The number of esters is 1. The van der Waals surface area contributed by atoms with Gasteiger partial charge in [-0.1, -0.05) is 72.1 Å². The molecule has 0 aromatic carbocycles. The van der Waals surface area contributed by atoms with Crippen molar-refractivity contribution in [3.05, 3.63) is 24.5 Å². The summed E-state index contributed by atoms with van der Waals surface area (Å²) in [5.41, 5.74) is 0. The van der Waals surface area contributed by atoms with Crippen molar-refractivity contribution in [3.63, 3.8) is 0 Å². The molecule has 0 radical (unpaired) electrons. The highest BCUT2D eigenvalue weighted by atomic mass is 16.5. The molecule has 0 saturated heterocycles. The van der Waals surface area contributed by atoms with E-state index in [1.54, 1.807) is 24.5 Å². The number of rotatable bonds is 19. The van der Waals surface area contributed by atoms with Crippen LogP contribution in [-0.2, 0) is 14.4 Å². The monoisotopic (exact) mass is 475 g/mol. The minimum absolute atomic E-state index is 0.0651. The molecule has 1 aromatic rings. The van der Waals surface area contributed by atoms with E-state index in [2.05, 4.69) is 22.5 Å². The number of pyridine rings is 1. The first-order valence-electron chi connectivity index (χ1n) is 13.1. The van der Waals surface area contributed by atoms with Gasteiger partial charge in [-0.05, 0) is 37.3 Å². The smallest absolute Gasteiger partial charge is 0.311 e. The van der Waals surface area contributed by atoms with Gasteiger partial charge in [0.1, 0.15) is 11.8 Å². The first-order chi connectivity index (χ1) is 16.4. The molecule has 0 fully saturated rings. The van der Waals surface area contributed by atoms with E-state index in [1.807, 2.05) is 13.8 Å². The molecule has 1 heterocycles. The fourth-order valence-electron chi connectivity index (χ4n) is 3.72. The zero-order valence-electron chi connectivity index (χ0n) is 21.4. The van der Waals surface area contributed by atoms with E-state index in [1.165, 1.54) is 44.9 Å². The van der Waals surface area contributed by atoms with Crippen LogP contribution in [0.5, 0.6) is 5.75 Å². The lowest BCUT2D eigenvalue weighted by Gasteiger charge is -2.20. The predicted octanol–water partition coefficient (Wildman–Crippen LogP) is 5.34. The van der Waals surface area contributed by atoms with Crippen molar-refractivity contribution in [2.45, 2.75) is 110 Å². The molecule has 192 valence electrons. The number of hydrogen-bond acceptors (Lipinski definition) is 5. The number of carbonyl (C=O) groups excluding carboxylic acids is 3. The molecule has 0 saturated carbocycles. The summed E-state index contributed by atoms with van der Waals surface area (Å²) in [5, 5.41) is 5.75. The second-order valence-electron chi connectivity index (χ2n) is 9.38. The molecule has 1 rings (SSSR count). The Kier molecular flexibility index (Phi) is 16.5. The standard InChI is InChI=1S/C27H45N3O4/c1-4-5-6-7-8-9-10-11-12-14-25(31)30-24(21-22(2)3)27(33)29-18-13-15-26(32)34-23-16-19-28-20-17-23/h16-17,19-20,22,24H,4-15,18,21H2,1-3H3,(H,29,33)(H,30,31)/t24-/m0/s1. The summed E-state index contributed by atoms with van der Waals surface area (Å²) >= 11 is 0. The highest BCUT2D eigenvalue weighted by molar-refractivity contribution is 5.87. The SMILES string of the molecule is CCCCCCCCCCCC(=O)N[C@@H](CC(C)C)C(=O)NCCCC(=O)Oc1ccncc1. The lowest BCUT2D eigenvalue weighted by atomic mass is 10.0. The normalized spacial score (nSPS) is 11.8. The lowest BCUT2D eigenvalue weighted by molar-refractivity contribution is -0.134. The highest BCUT2D eigenvalue weighted by Gasteiger charge is 2.21. The summed E-state index contributed by atoms with van der Waals surface area (Å²) in [6.45, 7) is 6.64. The summed E-state index contributed by atoms with van der Waals surface area (Å²) in [7, 11) is 0. The minimum Gasteiger partial charge on any atom is -0.426 e. The van der Waals surface area contributed by atoms with E-state index in [4.69, 9.17) is 4.74 Å². The molecular weight excluding hydrogens is 430 g/mol. The Hall–Kier alpha value is -2.44. The molecule has 0 bridgehead atoms. The lowest BCUT2D eigenvalue weighted by Crippen LogP contribution is -2.47. The van der Waals surface area contributed by atoms with Gasteiger partial charge in [-0.15, -0.1) is 0 Å². The van der Waals surface area contributed by atoms with Crippen LogP contribution in [0.4, 0.5) is 0 Å². The molecule has 1 atom stereocenters. The van der Waals surface area contributed by atoms with Gasteiger partial charge in [-0.2, -0.15) is 0 Å². The first-order valence-corrected chi connectivity index (χ1v) is 13.1. The Morgan fingerprint density at radius 3 is 2.12 bits per heavy atom. The van der Waals surface area contributed by atoms with E-state index in [9.17, 15) is 14.4 Å².